The van der Waals surface area contributed by atoms with Crippen molar-refractivity contribution in [2.24, 2.45) is 0 Å². The van der Waals surface area contributed by atoms with Gasteiger partial charge in [-0.25, -0.2) is 0 Å². The number of nitrogens with one attached hydrogen (secondary N) is 1. The molecule has 6 nitrogen and oxygen atoms in total. The number of carbonyl (C=O) groups is 1. The molecule has 0 aliphatic carbocycles. The van der Waals surface area contributed by atoms with E-state index in [0.717, 1.165) is 0 Å². The molecule has 3 rings (SSSR count). The van der Waals surface area contributed by atoms with Gasteiger partial charge in [0, 0.05) is 25.2 Å². The van der Waals surface area contributed by atoms with Gasteiger partial charge in [0.15, 0.2) is 0 Å². The van der Waals surface area contributed by atoms with Crippen molar-refractivity contribution in [2.45, 2.75) is 24.9 Å². The third-order valence-corrected chi connectivity index (χ3v) is 5.19. The third kappa shape index (κ3) is 4.38. The number of pyridine rings is 2. The zero-order valence-electron chi connectivity index (χ0n) is 14.7. The first kappa shape index (κ1) is 21.1. The topological polar surface area (TPSA) is 89.8 Å². The molecule has 11 heteroatoms. The highest BCUT2D eigenvalue weighted by Crippen LogP contribution is 2.34. The van der Waals surface area contributed by atoms with Gasteiger partial charge in [0.1, 0.15) is 17.3 Å². The summed E-state index contributed by atoms with van der Waals surface area (Å²) in [6, 6.07) is 3.74. The van der Waals surface area contributed by atoms with E-state index in [0.29, 0.717) is 34.6 Å². The Hall–Kier alpha value is -2.57. The van der Waals surface area contributed by atoms with Crippen molar-refractivity contribution >= 4 is 29.1 Å². The molecular weight excluding hydrogens is 432 g/mol. The fraction of sp³-hybridized carbons (Fsp3) is 0.333. The number of carbonyl (C=O) groups excluding carboxylic acids is 1. The van der Waals surface area contributed by atoms with E-state index in [9.17, 15) is 22.8 Å². The van der Waals surface area contributed by atoms with Gasteiger partial charge in [-0.2, -0.15) is 18.4 Å². The molecule has 2 aromatic rings. The van der Waals surface area contributed by atoms with Gasteiger partial charge in [-0.05, 0) is 25.0 Å². The van der Waals surface area contributed by atoms with Crippen LogP contribution in [0.5, 0.6) is 0 Å². The first-order chi connectivity index (χ1) is 13.6. The molecule has 0 atom stereocenters. The quantitative estimate of drug-likeness (QED) is 0.757. The maximum Gasteiger partial charge on any atom is 0.432 e. The number of alkyl halides is 3. The molecule has 0 saturated carbocycles. The minimum Gasteiger partial charge on any atom is -0.339 e. The minimum absolute atomic E-state index is 0.0730. The average Bonchev–Trinajstić information content (AvgIpc) is 2.67. The Morgan fingerprint density at radius 3 is 2.48 bits per heavy atom. The Morgan fingerprint density at radius 1 is 1.28 bits per heavy atom. The number of aromatic nitrogens is 2. The number of likely N-dealkylation sites (tertiary alicyclic amines) is 1. The fourth-order valence-electron chi connectivity index (χ4n) is 3.26. The first-order valence-corrected chi connectivity index (χ1v) is 9.22. The summed E-state index contributed by atoms with van der Waals surface area (Å²) in [5, 5.41) is 9.71. The largest absolute Gasteiger partial charge is 0.432 e. The number of halogens is 5. The lowest BCUT2D eigenvalue weighted by atomic mass is 9.92. The number of aromatic amines is 1. The molecule has 0 unspecified atom stereocenters. The highest BCUT2D eigenvalue weighted by molar-refractivity contribution is 6.34. The highest BCUT2D eigenvalue weighted by atomic mass is 35.5. The molecule has 1 aliphatic rings. The zero-order chi connectivity index (χ0) is 21.3. The summed E-state index contributed by atoms with van der Waals surface area (Å²) in [6.45, 7) is 0.338. The second-order valence-electron chi connectivity index (χ2n) is 6.50. The van der Waals surface area contributed by atoms with Crippen LogP contribution in [0, 0.1) is 11.3 Å². The Morgan fingerprint density at radius 2 is 1.93 bits per heavy atom. The summed E-state index contributed by atoms with van der Waals surface area (Å²) < 4.78 is 39.9. The van der Waals surface area contributed by atoms with E-state index < -0.39 is 34.5 Å². The van der Waals surface area contributed by atoms with E-state index in [4.69, 9.17) is 28.5 Å². The van der Waals surface area contributed by atoms with Crippen LogP contribution >= 0.6 is 23.2 Å². The Kier molecular flexibility index (Phi) is 5.87. The Bertz CT molecular complexity index is 1050. The number of hydrogen-bond donors (Lipinski definition) is 1. The lowest BCUT2D eigenvalue weighted by Gasteiger charge is -2.32. The predicted octanol–water partition coefficient (Wildman–Crippen LogP) is 3.99. The summed E-state index contributed by atoms with van der Waals surface area (Å²) in [7, 11) is 0. The van der Waals surface area contributed by atoms with E-state index >= 15 is 0 Å². The van der Waals surface area contributed by atoms with Crippen molar-refractivity contribution in [3.05, 3.63) is 61.2 Å². The molecule has 152 valence electrons. The van der Waals surface area contributed by atoms with Crippen LogP contribution in [0.4, 0.5) is 13.2 Å². The number of nitriles is 1. The monoisotopic (exact) mass is 444 g/mol. The van der Waals surface area contributed by atoms with Crippen LogP contribution in [-0.4, -0.2) is 33.9 Å². The van der Waals surface area contributed by atoms with E-state index in [1.807, 2.05) is 0 Å². The van der Waals surface area contributed by atoms with Crippen molar-refractivity contribution < 1.29 is 18.0 Å². The number of rotatable bonds is 2. The maximum absolute atomic E-state index is 13.3. The van der Waals surface area contributed by atoms with Crippen molar-refractivity contribution in [1.29, 1.82) is 5.26 Å². The van der Waals surface area contributed by atoms with Crippen LogP contribution in [0.2, 0.25) is 10.0 Å². The van der Waals surface area contributed by atoms with Gasteiger partial charge in [0.25, 0.3) is 11.5 Å². The number of hydrogen-bond acceptors (Lipinski definition) is 4. The van der Waals surface area contributed by atoms with Crippen LogP contribution in [0.3, 0.4) is 0 Å². The third-order valence-electron chi connectivity index (χ3n) is 4.68. The summed E-state index contributed by atoms with van der Waals surface area (Å²) >= 11 is 12.0. The molecule has 29 heavy (non-hydrogen) atoms. The van der Waals surface area contributed by atoms with Crippen molar-refractivity contribution in [3.8, 4) is 6.07 Å². The van der Waals surface area contributed by atoms with Crippen LogP contribution in [0.15, 0.2) is 23.1 Å². The van der Waals surface area contributed by atoms with Gasteiger partial charge >= 0.3 is 6.18 Å². The highest BCUT2D eigenvalue weighted by Gasteiger charge is 2.39. The normalized spacial score (nSPS) is 15.2. The van der Waals surface area contributed by atoms with Gasteiger partial charge in [0.05, 0.1) is 21.3 Å². The minimum atomic E-state index is -4.95. The molecule has 3 heterocycles. The lowest BCUT2D eigenvalue weighted by Crippen LogP contribution is -2.39. The van der Waals surface area contributed by atoms with Gasteiger partial charge in [-0.15, -0.1) is 0 Å². The van der Waals surface area contributed by atoms with E-state index in [1.54, 1.807) is 11.1 Å². The van der Waals surface area contributed by atoms with E-state index in [-0.39, 0.29) is 19.0 Å². The first-order valence-electron chi connectivity index (χ1n) is 8.46. The maximum atomic E-state index is 13.3. The molecular formula is C18H13Cl2F3N4O2. The molecule has 1 fully saturated rings. The summed E-state index contributed by atoms with van der Waals surface area (Å²) in [6.07, 6.45) is -2.61. The predicted molar refractivity (Wildman–Crippen MR) is 98.9 cm³/mol. The second kappa shape index (κ2) is 8.05. The van der Waals surface area contributed by atoms with Crippen LogP contribution < -0.4 is 5.56 Å². The van der Waals surface area contributed by atoms with E-state index in [2.05, 4.69) is 4.98 Å². The second-order valence-corrected chi connectivity index (χ2v) is 7.34. The van der Waals surface area contributed by atoms with Gasteiger partial charge in [-0.1, -0.05) is 23.2 Å². The van der Waals surface area contributed by atoms with Crippen molar-refractivity contribution in [3.63, 3.8) is 0 Å². The van der Waals surface area contributed by atoms with Gasteiger partial charge in [-0.3, -0.25) is 14.6 Å². The smallest absolute Gasteiger partial charge is 0.339 e. The summed E-state index contributed by atoms with van der Waals surface area (Å²) in [5.74, 6) is -0.977. The van der Waals surface area contributed by atoms with Crippen LogP contribution in [0.1, 0.15) is 46.1 Å². The number of nitrogens with zero attached hydrogens (tertiary/aromatic N) is 3. The molecule has 0 spiro atoms. The molecule has 1 saturated heterocycles. The molecule has 1 aliphatic heterocycles. The van der Waals surface area contributed by atoms with Crippen LogP contribution in [0.25, 0.3) is 0 Å². The van der Waals surface area contributed by atoms with Crippen molar-refractivity contribution in [1.82, 2.24) is 14.9 Å². The zero-order valence-corrected chi connectivity index (χ0v) is 16.2. The molecule has 2 aromatic heterocycles. The summed E-state index contributed by atoms with van der Waals surface area (Å²) in [5.41, 5.74) is -3.35. The lowest BCUT2D eigenvalue weighted by molar-refractivity contribution is -0.141. The Balaban J connectivity index is 1.84. The number of piperidine rings is 1. The van der Waals surface area contributed by atoms with Gasteiger partial charge in [0.2, 0.25) is 0 Å². The fourth-order valence-corrected chi connectivity index (χ4v) is 3.79. The van der Waals surface area contributed by atoms with Gasteiger partial charge < -0.3 is 9.88 Å². The number of amides is 1. The SMILES string of the molecule is N#Cc1cc(C(=O)N2CCC(c3ncc(Cl)cc3Cl)CC2)c(C(F)(F)F)[nH]c1=O. The van der Waals surface area contributed by atoms with Crippen LogP contribution in [-0.2, 0) is 6.18 Å². The molecule has 0 radical (unpaired) electrons. The van der Waals surface area contributed by atoms with Crippen molar-refractivity contribution in [2.75, 3.05) is 13.1 Å². The number of H-pyrrole nitrogens is 1. The average molecular weight is 445 g/mol. The molecule has 0 aromatic carbocycles. The molecule has 1 N–H and O–H groups in total. The molecule has 1 amide bonds. The molecule has 0 bridgehead atoms. The Labute approximate surface area is 172 Å². The summed E-state index contributed by atoms with van der Waals surface area (Å²) in [4.78, 5) is 31.4. The standard InChI is InChI=1S/C18H13Cl2F3N4O2/c19-11-6-13(20)14(25-8-11)9-1-3-27(4-2-9)17(29)12-5-10(7-24)16(28)26-15(12)18(21,22)23/h5-6,8-9H,1-4H2,(H,26,28). The van der Waals surface area contributed by atoms with E-state index in [1.165, 1.54) is 17.2 Å².